The van der Waals surface area contributed by atoms with Crippen LogP contribution < -0.4 is 0 Å². The molecule has 3 fully saturated rings. The van der Waals surface area contributed by atoms with Gasteiger partial charge in [0.25, 0.3) is 0 Å². The lowest BCUT2D eigenvalue weighted by Crippen LogP contribution is -2.50. The summed E-state index contributed by atoms with van der Waals surface area (Å²) < 4.78 is 25.4. The van der Waals surface area contributed by atoms with Gasteiger partial charge in [-0.05, 0) is 68.6 Å². The molecule has 0 spiro atoms. The van der Waals surface area contributed by atoms with Gasteiger partial charge in [-0.1, -0.05) is 53.9 Å². The van der Waals surface area contributed by atoms with E-state index in [0.717, 1.165) is 32.1 Å². The van der Waals surface area contributed by atoms with Crippen LogP contribution in [0.2, 0.25) is 0 Å². The van der Waals surface area contributed by atoms with Gasteiger partial charge in [0.1, 0.15) is 5.78 Å². The highest BCUT2D eigenvalue weighted by molar-refractivity contribution is 7.92. The van der Waals surface area contributed by atoms with Crippen LogP contribution in [0.1, 0.15) is 107 Å². The summed E-state index contributed by atoms with van der Waals surface area (Å²) in [6.07, 6.45) is 4.70. The Morgan fingerprint density at radius 2 is 1.53 bits per heavy atom. The third-order valence-corrected chi connectivity index (χ3v) is 12.5. The number of ketones is 2. The van der Waals surface area contributed by atoms with E-state index in [-0.39, 0.29) is 47.4 Å². The lowest BCUT2D eigenvalue weighted by molar-refractivity contribution is -0.147. The predicted molar refractivity (Wildman–Crippen MR) is 143 cm³/mol. The van der Waals surface area contributed by atoms with E-state index in [2.05, 4.69) is 13.8 Å². The molecule has 0 bridgehead atoms. The van der Waals surface area contributed by atoms with Crippen molar-refractivity contribution in [2.75, 3.05) is 12.3 Å². The Hall–Kier alpha value is -1.24. The second kappa shape index (κ2) is 9.50. The van der Waals surface area contributed by atoms with Crippen LogP contribution in [-0.2, 0) is 24.2 Å². The van der Waals surface area contributed by atoms with E-state index in [1.54, 1.807) is 32.6 Å². The molecule has 3 rings (SSSR count). The normalized spacial score (nSPS) is 28.4. The summed E-state index contributed by atoms with van der Waals surface area (Å²) in [6, 6.07) is -0.404. The summed E-state index contributed by atoms with van der Waals surface area (Å²) in [4.78, 5) is 41.8. The molecule has 2 aliphatic carbocycles. The summed E-state index contributed by atoms with van der Waals surface area (Å²) in [6.45, 7) is 17.6. The van der Waals surface area contributed by atoms with Crippen LogP contribution in [0, 0.1) is 34.0 Å². The van der Waals surface area contributed by atoms with Crippen molar-refractivity contribution in [2.24, 2.45) is 34.0 Å². The van der Waals surface area contributed by atoms with Crippen LogP contribution in [0.25, 0.3) is 0 Å². The van der Waals surface area contributed by atoms with Gasteiger partial charge in [-0.25, -0.2) is 8.42 Å². The van der Waals surface area contributed by atoms with Gasteiger partial charge in [-0.3, -0.25) is 14.4 Å². The Kier molecular flexibility index (Phi) is 7.74. The second-order valence-corrected chi connectivity index (χ2v) is 17.5. The summed E-state index contributed by atoms with van der Waals surface area (Å²) in [5, 5.41) is 0. The monoisotopic (exact) mass is 523 g/mol. The maximum Gasteiger partial charge on any atom is 0.227 e. The molecule has 7 heteroatoms. The van der Waals surface area contributed by atoms with Gasteiger partial charge in [-0.15, -0.1) is 0 Å². The Morgan fingerprint density at radius 3 is 2.00 bits per heavy atom. The Labute approximate surface area is 219 Å². The number of hydrogen-bond acceptors (Lipinski definition) is 5. The molecule has 0 aromatic heterocycles. The summed E-state index contributed by atoms with van der Waals surface area (Å²) >= 11 is 0. The van der Waals surface area contributed by atoms with Crippen molar-refractivity contribution in [3.63, 3.8) is 0 Å². The molecule has 1 aliphatic heterocycles. The van der Waals surface area contributed by atoms with E-state index in [9.17, 15) is 22.8 Å². The van der Waals surface area contributed by atoms with Gasteiger partial charge >= 0.3 is 0 Å². The number of Topliss-reactive ketones (excluding diaryl/α,β-unsaturated/α-hetero) is 2. The van der Waals surface area contributed by atoms with E-state index in [1.165, 1.54) is 0 Å². The summed E-state index contributed by atoms with van der Waals surface area (Å²) in [7, 11) is -3.38. The lowest BCUT2D eigenvalue weighted by atomic mass is 9.70. The van der Waals surface area contributed by atoms with Gasteiger partial charge in [0.15, 0.2) is 15.6 Å². The van der Waals surface area contributed by atoms with Crippen molar-refractivity contribution in [2.45, 2.75) is 118 Å². The molecule has 1 saturated heterocycles. The predicted octanol–water partition coefficient (Wildman–Crippen LogP) is 5.23. The zero-order valence-electron chi connectivity index (χ0n) is 24.1. The summed E-state index contributed by atoms with van der Waals surface area (Å²) in [5.74, 6) is -0.0813. The first-order valence-corrected chi connectivity index (χ1v) is 15.4. The molecule has 3 aliphatic rings. The molecule has 0 radical (unpaired) electrons. The first-order valence-electron chi connectivity index (χ1n) is 13.8. The smallest absolute Gasteiger partial charge is 0.227 e. The fraction of sp³-hybridized carbons (Fsp3) is 0.897. The molecular formula is C29H49NO5S. The number of likely N-dealkylation sites (tertiary alicyclic amines) is 1. The molecule has 0 aromatic carbocycles. The van der Waals surface area contributed by atoms with E-state index in [1.807, 2.05) is 20.8 Å². The highest BCUT2D eigenvalue weighted by Gasteiger charge is 2.69. The average Bonchev–Trinajstić information content (AvgIpc) is 3.06. The zero-order valence-corrected chi connectivity index (χ0v) is 24.9. The van der Waals surface area contributed by atoms with Crippen molar-refractivity contribution in [1.82, 2.24) is 4.90 Å². The minimum Gasteiger partial charge on any atom is -0.332 e. The highest BCUT2D eigenvalue weighted by atomic mass is 32.2. The summed E-state index contributed by atoms with van der Waals surface area (Å²) in [5.41, 5.74) is -0.923. The number of amides is 1. The molecule has 206 valence electrons. The van der Waals surface area contributed by atoms with Crippen LogP contribution in [0.3, 0.4) is 0 Å². The quantitative estimate of drug-likeness (QED) is 0.434. The topological polar surface area (TPSA) is 88.6 Å². The molecular weight excluding hydrogens is 474 g/mol. The molecule has 0 N–H and O–H groups in total. The number of carbonyl (C=O) groups excluding carboxylic acids is 3. The van der Waals surface area contributed by atoms with Crippen molar-refractivity contribution in [3.8, 4) is 0 Å². The third kappa shape index (κ3) is 5.61. The molecule has 0 unspecified atom stereocenters. The SMILES string of the molecule is CC(=O)[C@@H]1[C@@H]2[C@H](CN1C(=O)[C@@H](CC(=O)CC1(CS(=O)(=O)C(C)(C)C)CCCCC1)C(C)(C)C)C2(C)C. The molecule has 0 aromatic rings. The maximum atomic E-state index is 13.9. The van der Waals surface area contributed by atoms with Crippen molar-refractivity contribution in [3.05, 3.63) is 0 Å². The standard InChI is InChI=1S/C29H49NO5S/c1-19(31)24-23-22(28(23,8)9)17-30(24)25(33)21(26(2,3)4)15-20(32)16-29(13-11-10-12-14-29)18-36(34,35)27(5,6)7/h21-24H,10-18H2,1-9H3/t21-,22+,23+,24-/m1/s1. The largest absolute Gasteiger partial charge is 0.332 e. The Morgan fingerprint density at radius 1 is 0.972 bits per heavy atom. The van der Waals surface area contributed by atoms with Crippen molar-refractivity contribution in [1.29, 1.82) is 0 Å². The minimum atomic E-state index is -3.38. The van der Waals surface area contributed by atoms with Crippen molar-refractivity contribution < 1.29 is 22.8 Å². The van der Waals surface area contributed by atoms with Gasteiger partial charge in [0, 0.05) is 25.3 Å². The van der Waals surface area contributed by atoms with Gasteiger partial charge in [0.2, 0.25) is 5.91 Å². The molecule has 4 atom stereocenters. The van der Waals surface area contributed by atoms with Crippen LogP contribution in [0.4, 0.5) is 0 Å². The minimum absolute atomic E-state index is 0.0222. The first kappa shape index (κ1) is 29.3. The fourth-order valence-electron chi connectivity index (χ4n) is 6.96. The van der Waals surface area contributed by atoms with E-state index in [0.29, 0.717) is 12.5 Å². The van der Waals surface area contributed by atoms with Gasteiger partial charge in [-0.2, -0.15) is 0 Å². The van der Waals surface area contributed by atoms with Crippen molar-refractivity contribution >= 4 is 27.3 Å². The third-order valence-electron chi connectivity index (χ3n) is 9.60. The van der Waals surface area contributed by atoms with Crippen LogP contribution in [-0.4, -0.2) is 53.9 Å². The van der Waals surface area contributed by atoms with Crippen LogP contribution in [0.15, 0.2) is 0 Å². The Balaban J connectivity index is 1.80. The number of hydrogen-bond donors (Lipinski definition) is 0. The molecule has 1 amide bonds. The van der Waals surface area contributed by atoms with Crippen LogP contribution >= 0.6 is 0 Å². The van der Waals surface area contributed by atoms with E-state index in [4.69, 9.17) is 0 Å². The number of sulfone groups is 1. The van der Waals surface area contributed by atoms with E-state index >= 15 is 0 Å². The molecule has 36 heavy (non-hydrogen) atoms. The fourth-order valence-corrected chi connectivity index (χ4v) is 8.59. The molecule has 6 nitrogen and oxygen atoms in total. The molecule has 1 heterocycles. The van der Waals surface area contributed by atoms with Gasteiger partial charge < -0.3 is 4.90 Å². The number of nitrogens with zero attached hydrogens (tertiary/aromatic N) is 1. The van der Waals surface area contributed by atoms with Crippen LogP contribution in [0.5, 0.6) is 0 Å². The van der Waals surface area contributed by atoms with Gasteiger partial charge in [0.05, 0.1) is 16.5 Å². The molecule has 2 saturated carbocycles. The van der Waals surface area contributed by atoms with E-state index < -0.39 is 37.4 Å². The Bertz CT molecular complexity index is 992. The average molecular weight is 524 g/mol. The lowest BCUT2D eigenvalue weighted by Gasteiger charge is -2.40. The number of carbonyl (C=O) groups is 3. The second-order valence-electron chi connectivity index (χ2n) is 14.8. The zero-order chi connectivity index (χ0) is 27.5. The number of rotatable bonds is 8. The highest BCUT2D eigenvalue weighted by Crippen LogP contribution is 2.65. The maximum absolute atomic E-state index is 13.9. The first-order chi connectivity index (χ1) is 16.2. The number of piperidine rings is 1. The number of fused-ring (bicyclic) bond motifs is 1.